The molecule has 1 saturated heterocycles. The molecule has 3 rings (SSSR count). The highest BCUT2D eigenvalue weighted by Crippen LogP contribution is 2.34. The molecular formula is C16H18N2O2S. The Hall–Kier alpha value is -1.72. The van der Waals surface area contributed by atoms with Crippen molar-refractivity contribution in [3.05, 3.63) is 34.7 Å². The van der Waals surface area contributed by atoms with Gasteiger partial charge in [0.1, 0.15) is 0 Å². The number of carbonyl (C=O) groups excluding carboxylic acids is 2. The molecular weight excluding hydrogens is 284 g/mol. The fourth-order valence-corrected chi connectivity index (χ4v) is 4.06. The zero-order valence-electron chi connectivity index (χ0n) is 12.1. The number of piperidine rings is 1. The standard InChI is InChI=1S/C16H18N2O2S/c1-9-11-5-3-4-6-13(11)21-15(9)10(2)17-12-7-8-14(19)18-16(12)20/h3-6,10,12,17H,7-8H2,1-2H3,(H,18,19,20). The molecule has 2 atom stereocenters. The lowest BCUT2D eigenvalue weighted by atomic mass is 10.0. The van der Waals surface area contributed by atoms with Crippen molar-refractivity contribution in [3.63, 3.8) is 0 Å². The fourth-order valence-electron chi connectivity index (χ4n) is 2.84. The molecule has 1 aliphatic heterocycles. The van der Waals surface area contributed by atoms with Gasteiger partial charge in [-0.05, 0) is 37.3 Å². The minimum Gasteiger partial charge on any atom is -0.298 e. The highest BCUT2D eigenvalue weighted by Gasteiger charge is 2.28. The molecule has 0 spiro atoms. The molecule has 4 nitrogen and oxygen atoms in total. The SMILES string of the molecule is Cc1c(C(C)NC2CCC(=O)NC2=O)sc2ccccc12. The van der Waals surface area contributed by atoms with E-state index < -0.39 is 0 Å². The number of fused-ring (bicyclic) bond motifs is 1. The summed E-state index contributed by atoms with van der Waals surface area (Å²) in [6.07, 6.45) is 0.973. The lowest BCUT2D eigenvalue weighted by Crippen LogP contribution is -2.51. The number of hydrogen-bond acceptors (Lipinski definition) is 4. The van der Waals surface area contributed by atoms with Crippen LogP contribution in [0.3, 0.4) is 0 Å². The summed E-state index contributed by atoms with van der Waals surface area (Å²) in [7, 11) is 0. The van der Waals surface area contributed by atoms with Crippen LogP contribution < -0.4 is 10.6 Å². The van der Waals surface area contributed by atoms with E-state index >= 15 is 0 Å². The number of aryl methyl sites for hydroxylation is 1. The molecule has 5 heteroatoms. The van der Waals surface area contributed by atoms with Gasteiger partial charge in [0.2, 0.25) is 11.8 Å². The summed E-state index contributed by atoms with van der Waals surface area (Å²) in [6, 6.07) is 8.14. The van der Waals surface area contributed by atoms with Gasteiger partial charge in [0.15, 0.2) is 0 Å². The van der Waals surface area contributed by atoms with E-state index in [1.807, 2.05) is 12.1 Å². The maximum Gasteiger partial charge on any atom is 0.243 e. The van der Waals surface area contributed by atoms with Crippen molar-refractivity contribution in [3.8, 4) is 0 Å². The van der Waals surface area contributed by atoms with Gasteiger partial charge in [-0.2, -0.15) is 0 Å². The molecule has 110 valence electrons. The molecule has 0 bridgehead atoms. The second-order valence-electron chi connectivity index (χ2n) is 5.48. The van der Waals surface area contributed by atoms with E-state index in [0.29, 0.717) is 12.8 Å². The first-order valence-corrected chi connectivity index (χ1v) is 7.95. The van der Waals surface area contributed by atoms with Crippen LogP contribution in [0, 0.1) is 6.92 Å². The minimum absolute atomic E-state index is 0.0892. The largest absolute Gasteiger partial charge is 0.298 e. The highest BCUT2D eigenvalue weighted by atomic mass is 32.1. The van der Waals surface area contributed by atoms with Gasteiger partial charge in [0.25, 0.3) is 0 Å². The van der Waals surface area contributed by atoms with Crippen LogP contribution in [0.25, 0.3) is 10.1 Å². The molecule has 1 fully saturated rings. The Bertz CT molecular complexity index is 707. The summed E-state index contributed by atoms with van der Waals surface area (Å²) >= 11 is 1.76. The minimum atomic E-state index is -0.290. The molecule has 2 aromatic rings. The molecule has 0 aliphatic carbocycles. The second kappa shape index (κ2) is 5.58. The summed E-state index contributed by atoms with van der Waals surface area (Å²) in [5, 5.41) is 7.02. The topological polar surface area (TPSA) is 58.2 Å². The molecule has 2 N–H and O–H groups in total. The number of hydrogen-bond donors (Lipinski definition) is 2. The average molecular weight is 302 g/mol. The van der Waals surface area contributed by atoms with Crippen LogP contribution in [-0.4, -0.2) is 17.9 Å². The molecule has 1 aromatic carbocycles. The van der Waals surface area contributed by atoms with E-state index in [-0.39, 0.29) is 23.9 Å². The summed E-state index contributed by atoms with van der Waals surface area (Å²) in [5.74, 6) is -0.388. The number of nitrogens with one attached hydrogen (secondary N) is 2. The highest BCUT2D eigenvalue weighted by molar-refractivity contribution is 7.19. The van der Waals surface area contributed by atoms with E-state index in [1.165, 1.54) is 20.5 Å². The molecule has 1 aliphatic rings. The zero-order valence-corrected chi connectivity index (χ0v) is 12.9. The lowest BCUT2D eigenvalue weighted by Gasteiger charge is -2.25. The number of benzene rings is 1. The summed E-state index contributed by atoms with van der Waals surface area (Å²) in [5.41, 5.74) is 1.27. The van der Waals surface area contributed by atoms with Crippen LogP contribution in [0.15, 0.2) is 24.3 Å². The fraction of sp³-hybridized carbons (Fsp3) is 0.375. The number of imide groups is 1. The summed E-state index contributed by atoms with van der Waals surface area (Å²) in [6.45, 7) is 4.19. The van der Waals surface area contributed by atoms with E-state index in [2.05, 4.69) is 36.6 Å². The lowest BCUT2D eigenvalue weighted by molar-refractivity contribution is -0.134. The van der Waals surface area contributed by atoms with Crippen molar-refractivity contribution < 1.29 is 9.59 Å². The van der Waals surface area contributed by atoms with Gasteiger partial charge in [0.05, 0.1) is 6.04 Å². The number of carbonyl (C=O) groups is 2. The summed E-state index contributed by atoms with van der Waals surface area (Å²) < 4.78 is 1.27. The van der Waals surface area contributed by atoms with Gasteiger partial charge in [-0.3, -0.25) is 20.2 Å². The van der Waals surface area contributed by atoms with Gasteiger partial charge in [0, 0.05) is 22.0 Å². The second-order valence-corrected chi connectivity index (χ2v) is 6.56. The summed E-state index contributed by atoms with van der Waals surface area (Å²) in [4.78, 5) is 24.3. The Kier molecular flexibility index (Phi) is 3.78. The Balaban J connectivity index is 1.81. The molecule has 0 saturated carbocycles. The van der Waals surface area contributed by atoms with Crippen molar-refractivity contribution in [1.82, 2.24) is 10.6 Å². The van der Waals surface area contributed by atoms with Gasteiger partial charge < -0.3 is 0 Å². The molecule has 21 heavy (non-hydrogen) atoms. The van der Waals surface area contributed by atoms with Crippen molar-refractivity contribution in [2.75, 3.05) is 0 Å². The van der Waals surface area contributed by atoms with Crippen molar-refractivity contribution in [2.45, 2.75) is 38.8 Å². The Morgan fingerprint density at radius 2 is 2.10 bits per heavy atom. The van der Waals surface area contributed by atoms with E-state index in [1.54, 1.807) is 11.3 Å². The first-order valence-electron chi connectivity index (χ1n) is 7.14. The van der Waals surface area contributed by atoms with Gasteiger partial charge in [-0.15, -0.1) is 11.3 Å². The van der Waals surface area contributed by atoms with Crippen molar-refractivity contribution in [2.24, 2.45) is 0 Å². The Labute approximate surface area is 127 Å². The molecule has 2 unspecified atom stereocenters. The monoisotopic (exact) mass is 302 g/mol. The van der Waals surface area contributed by atoms with Gasteiger partial charge in [-0.1, -0.05) is 18.2 Å². The van der Waals surface area contributed by atoms with E-state index in [4.69, 9.17) is 0 Å². The predicted octanol–water partition coefficient (Wildman–Crippen LogP) is 2.67. The third-order valence-electron chi connectivity index (χ3n) is 3.96. The molecule has 1 aromatic heterocycles. The van der Waals surface area contributed by atoms with Crippen molar-refractivity contribution in [1.29, 1.82) is 0 Å². The number of rotatable bonds is 3. The van der Waals surface area contributed by atoms with Gasteiger partial charge >= 0.3 is 0 Å². The molecule has 2 amide bonds. The van der Waals surface area contributed by atoms with Crippen LogP contribution in [-0.2, 0) is 9.59 Å². The van der Waals surface area contributed by atoms with E-state index in [0.717, 1.165) is 0 Å². The normalized spacial score (nSPS) is 20.6. The van der Waals surface area contributed by atoms with E-state index in [9.17, 15) is 9.59 Å². The first kappa shape index (κ1) is 14.2. The first-order chi connectivity index (χ1) is 10.1. The third-order valence-corrected chi connectivity index (χ3v) is 5.42. The number of thiophene rings is 1. The molecule has 2 heterocycles. The van der Waals surface area contributed by atoms with Crippen LogP contribution in [0.5, 0.6) is 0 Å². The number of amides is 2. The zero-order chi connectivity index (χ0) is 15.0. The molecule has 0 radical (unpaired) electrons. The maximum atomic E-state index is 11.8. The average Bonchev–Trinajstić information content (AvgIpc) is 2.80. The van der Waals surface area contributed by atoms with Gasteiger partial charge in [-0.25, -0.2) is 0 Å². The predicted molar refractivity (Wildman–Crippen MR) is 84.3 cm³/mol. The quantitative estimate of drug-likeness (QED) is 0.857. The van der Waals surface area contributed by atoms with Crippen molar-refractivity contribution >= 4 is 33.2 Å². The third kappa shape index (κ3) is 2.71. The van der Waals surface area contributed by atoms with Crippen LogP contribution in [0.1, 0.15) is 36.2 Å². The van der Waals surface area contributed by atoms with Crippen LogP contribution in [0.2, 0.25) is 0 Å². The Morgan fingerprint density at radius 3 is 2.81 bits per heavy atom. The maximum absolute atomic E-state index is 11.8. The van der Waals surface area contributed by atoms with Crippen LogP contribution >= 0.6 is 11.3 Å². The Morgan fingerprint density at radius 1 is 1.33 bits per heavy atom. The van der Waals surface area contributed by atoms with Crippen LogP contribution in [0.4, 0.5) is 0 Å². The smallest absolute Gasteiger partial charge is 0.243 e.